The predicted molar refractivity (Wildman–Crippen MR) is 45.9 cm³/mol. The zero-order chi connectivity index (χ0) is 8.10. The van der Waals surface area contributed by atoms with Gasteiger partial charge in [0.05, 0.1) is 12.3 Å². The van der Waals surface area contributed by atoms with Crippen LogP contribution < -0.4 is 0 Å². The van der Waals surface area contributed by atoms with Gasteiger partial charge >= 0.3 is 0 Å². The number of hydrogen-bond donors (Lipinski definition) is 1. The second-order valence-corrected chi connectivity index (χ2v) is 2.15. The van der Waals surface area contributed by atoms with E-state index in [1.54, 1.807) is 18.5 Å². The van der Waals surface area contributed by atoms with E-state index in [2.05, 4.69) is 21.5 Å². The molecule has 0 fully saturated rings. The van der Waals surface area contributed by atoms with Crippen molar-refractivity contribution in [2.24, 2.45) is 4.99 Å². The van der Waals surface area contributed by atoms with Crippen molar-refractivity contribution in [2.75, 3.05) is 6.54 Å². The molecule has 0 unspecified atom stereocenters. The number of H-pyrrole nitrogens is 1. The largest absolute Gasteiger partial charge is 0.344 e. The van der Waals surface area contributed by atoms with Crippen LogP contribution >= 0.6 is 0 Å². The van der Waals surface area contributed by atoms with Gasteiger partial charge in [-0.3, -0.25) is 4.99 Å². The molecule has 0 saturated heterocycles. The number of aromatic amines is 1. The van der Waals surface area contributed by atoms with Crippen LogP contribution in [0, 0.1) is 0 Å². The van der Waals surface area contributed by atoms with E-state index < -0.39 is 0 Å². The highest BCUT2D eigenvalue weighted by Gasteiger charge is 1.95. The van der Waals surface area contributed by atoms with E-state index in [0.29, 0.717) is 6.54 Å². The predicted octanol–water partition coefficient (Wildman–Crippen LogP) is 1.40. The number of nitrogens with one attached hydrogen (secondary N) is 1. The lowest BCUT2D eigenvalue weighted by atomic mass is 10.4. The molecule has 1 rings (SSSR count). The molecule has 0 aliphatic rings. The topological polar surface area (TPSA) is 41.0 Å². The summed E-state index contributed by atoms with van der Waals surface area (Å²) >= 11 is 0. The molecule has 0 saturated carbocycles. The maximum atomic E-state index is 4.19. The van der Waals surface area contributed by atoms with E-state index >= 15 is 0 Å². The first-order chi connectivity index (χ1) is 5.34. The molecule has 1 aromatic rings. The van der Waals surface area contributed by atoms with E-state index in [1.165, 1.54) is 0 Å². The quantitative estimate of drug-likeness (QED) is 0.512. The summed E-state index contributed by atoms with van der Waals surface area (Å²) in [6, 6.07) is 0. The Morgan fingerprint density at radius 1 is 1.91 bits per heavy atom. The standard InChI is InChI=1S/C8H11N3/c1-3-4-9-7(2)8-10-5-6-11-8/h3,5-6H,1,4H2,2H3,(H,10,11). The first kappa shape index (κ1) is 7.72. The molecule has 0 amide bonds. The fourth-order valence-corrected chi connectivity index (χ4v) is 0.739. The molecule has 3 nitrogen and oxygen atoms in total. The molecule has 1 heterocycles. The maximum absolute atomic E-state index is 4.19. The van der Waals surface area contributed by atoms with Crippen molar-refractivity contribution in [1.29, 1.82) is 0 Å². The van der Waals surface area contributed by atoms with Crippen LogP contribution in [0.5, 0.6) is 0 Å². The van der Waals surface area contributed by atoms with Gasteiger partial charge in [0, 0.05) is 12.4 Å². The summed E-state index contributed by atoms with van der Waals surface area (Å²) < 4.78 is 0. The third kappa shape index (κ3) is 2.04. The Labute approximate surface area is 65.9 Å². The minimum atomic E-state index is 0.645. The van der Waals surface area contributed by atoms with Crippen LogP contribution in [0.2, 0.25) is 0 Å². The van der Waals surface area contributed by atoms with Gasteiger partial charge in [-0.1, -0.05) is 6.08 Å². The zero-order valence-corrected chi connectivity index (χ0v) is 6.54. The van der Waals surface area contributed by atoms with Gasteiger partial charge in [-0.2, -0.15) is 0 Å². The van der Waals surface area contributed by atoms with Gasteiger partial charge in [0.2, 0.25) is 0 Å². The van der Waals surface area contributed by atoms with Gasteiger partial charge in [0.1, 0.15) is 0 Å². The number of hydrogen-bond acceptors (Lipinski definition) is 2. The summed E-state index contributed by atoms with van der Waals surface area (Å²) in [5.74, 6) is 0.826. The average Bonchev–Trinajstić information content (AvgIpc) is 2.52. The summed E-state index contributed by atoms with van der Waals surface area (Å²) in [5, 5.41) is 0. The van der Waals surface area contributed by atoms with Crippen molar-refractivity contribution >= 4 is 5.71 Å². The van der Waals surface area contributed by atoms with Crippen molar-refractivity contribution in [1.82, 2.24) is 9.97 Å². The molecule has 0 spiro atoms. The van der Waals surface area contributed by atoms with Crippen molar-refractivity contribution in [3.05, 3.63) is 30.9 Å². The highest BCUT2D eigenvalue weighted by Crippen LogP contribution is 1.91. The first-order valence-electron chi connectivity index (χ1n) is 3.46. The lowest BCUT2D eigenvalue weighted by molar-refractivity contribution is 1.19. The van der Waals surface area contributed by atoms with Gasteiger partial charge < -0.3 is 4.98 Å². The Bertz CT molecular complexity index is 246. The van der Waals surface area contributed by atoms with E-state index in [9.17, 15) is 0 Å². The summed E-state index contributed by atoms with van der Waals surface area (Å²) in [4.78, 5) is 11.2. The minimum absolute atomic E-state index is 0.645. The minimum Gasteiger partial charge on any atom is -0.344 e. The van der Waals surface area contributed by atoms with Crippen LogP contribution in [0.3, 0.4) is 0 Å². The average molecular weight is 149 g/mol. The normalized spacial score (nSPS) is 11.5. The monoisotopic (exact) mass is 149 g/mol. The Morgan fingerprint density at radius 3 is 3.27 bits per heavy atom. The Balaban J connectivity index is 2.68. The number of rotatable bonds is 3. The van der Waals surface area contributed by atoms with Crippen LogP contribution in [-0.4, -0.2) is 22.2 Å². The molecule has 0 aromatic carbocycles. The first-order valence-corrected chi connectivity index (χ1v) is 3.46. The van der Waals surface area contributed by atoms with Crippen molar-refractivity contribution in [3.63, 3.8) is 0 Å². The number of imidazole rings is 1. The van der Waals surface area contributed by atoms with Crippen LogP contribution in [0.15, 0.2) is 30.0 Å². The summed E-state index contributed by atoms with van der Waals surface area (Å²) in [7, 11) is 0. The summed E-state index contributed by atoms with van der Waals surface area (Å²) in [5.41, 5.74) is 0.912. The smallest absolute Gasteiger partial charge is 0.150 e. The lowest BCUT2D eigenvalue weighted by Gasteiger charge is -1.92. The molecule has 0 atom stereocenters. The number of nitrogens with zero attached hydrogens (tertiary/aromatic N) is 2. The number of aliphatic imine (C=N–C) groups is 1. The van der Waals surface area contributed by atoms with Gasteiger partial charge in [0.15, 0.2) is 5.82 Å². The van der Waals surface area contributed by atoms with Crippen LogP contribution in [-0.2, 0) is 0 Å². The van der Waals surface area contributed by atoms with Crippen molar-refractivity contribution in [3.8, 4) is 0 Å². The van der Waals surface area contributed by atoms with Crippen molar-refractivity contribution in [2.45, 2.75) is 6.92 Å². The lowest BCUT2D eigenvalue weighted by Crippen LogP contribution is -1.97. The Morgan fingerprint density at radius 2 is 2.73 bits per heavy atom. The van der Waals surface area contributed by atoms with E-state index in [-0.39, 0.29) is 0 Å². The SMILES string of the molecule is C=CCN=C(C)c1ncc[nH]1. The maximum Gasteiger partial charge on any atom is 0.150 e. The van der Waals surface area contributed by atoms with Crippen LogP contribution in [0.1, 0.15) is 12.7 Å². The fourth-order valence-electron chi connectivity index (χ4n) is 0.739. The van der Waals surface area contributed by atoms with Crippen molar-refractivity contribution < 1.29 is 0 Å². The fraction of sp³-hybridized carbons (Fsp3) is 0.250. The van der Waals surface area contributed by atoms with Gasteiger partial charge in [0.25, 0.3) is 0 Å². The van der Waals surface area contributed by atoms with Gasteiger partial charge in [-0.05, 0) is 6.92 Å². The molecule has 58 valence electrons. The molecule has 0 aliphatic heterocycles. The molecule has 3 heteroatoms. The molecule has 1 aromatic heterocycles. The Kier molecular flexibility index (Phi) is 2.60. The van der Waals surface area contributed by atoms with E-state index in [0.717, 1.165) is 11.5 Å². The molecule has 11 heavy (non-hydrogen) atoms. The second-order valence-electron chi connectivity index (χ2n) is 2.15. The summed E-state index contributed by atoms with van der Waals surface area (Å²) in [6.45, 7) is 6.14. The molecule has 0 aliphatic carbocycles. The molecular formula is C8H11N3. The Hall–Kier alpha value is -1.38. The molecular weight excluding hydrogens is 138 g/mol. The van der Waals surface area contributed by atoms with Crippen LogP contribution in [0.4, 0.5) is 0 Å². The van der Waals surface area contributed by atoms with Gasteiger partial charge in [-0.25, -0.2) is 4.98 Å². The highest BCUT2D eigenvalue weighted by atomic mass is 14.9. The second kappa shape index (κ2) is 3.71. The number of aromatic nitrogens is 2. The summed E-state index contributed by atoms with van der Waals surface area (Å²) in [6.07, 6.45) is 5.25. The van der Waals surface area contributed by atoms with Crippen LogP contribution in [0.25, 0.3) is 0 Å². The van der Waals surface area contributed by atoms with E-state index in [4.69, 9.17) is 0 Å². The molecule has 0 bridgehead atoms. The van der Waals surface area contributed by atoms with E-state index in [1.807, 2.05) is 6.92 Å². The third-order valence-corrected chi connectivity index (χ3v) is 1.30. The molecule has 0 radical (unpaired) electrons. The van der Waals surface area contributed by atoms with Gasteiger partial charge in [-0.15, -0.1) is 6.58 Å². The molecule has 1 N–H and O–H groups in total. The third-order valence-electron chi connectivity index (χ3n) is 1.30. The highest BCUT2D eigenvalue weighted by molar-refractivity contribution is 5.95. The zero-order valence-electron chi connectivity index (χ0n) is 6.54.